The fourth-order valence-electron chi connectivity index (χ4n) is 2.17. The van der Waals surface area contributed by atoms with Crippen molar-refractivity contribution in [3.8, 4) is 0 Å². The van der Waals surface area contributed by atoms with Crippen LogP contribution in [-0.2, 0) is 14.4 Å². The van der Waals surface area contributed by atoms with Gasteiger partial charge in [0.05, 0.1) is 18.9 Å². The number of halogens is 3. The molecule has 0 saturated heterocycles. The van der Waals surface area contributed by atoms with E-state index in [9.17, 15) is 27.6 Å². The Morgan fingerprint density at radius 2 is 1.68 bits per heavy atom. The molecule has 0 heterocycles. The first kappa shape index (κ1) is 20.5. The lowest BCUT2D eigenvalue weighted by Gasteiger charge is -2.21. The minimum absolute atomic E-state index is 0.385. The van der Waals surface area contributed by atoms with E-state index in [0.29, 0.717) is 5.56 Å². The van der Waals surface area contributed by atoms with Gasteiger partial charge in [-0.05, 0) is 12.5 Å². The average molecular weight is 360 g/mol. The zero-order chi connectivity index (χ0) is 19.2. The number of aliphatic carboxylic acids is 1. The van der Waals surface area contributed by atoms with Crippen molar-refractivity contribution >= 4 is 17.8 Å². The molecule has 1 rings (SSSR count). The number of carboxylic acids is 1. The molecule has 25 heavy (non-hydrogen) atoms. The number of rotatable bonds is 7. The molecule has 0 aliphatic heterocycles. The van der Waals surface area contributed by atoms with E-state index in [4.69, 9.17) is 5.11 Å². The highest BCUT2D eigenvalue weighted by molar-refractivity contribution is 5.84. The number of nitrogens with one attached hydrogen (secondary N) is 2. The number of amides is 2. The van der Waals surface area contributed by atoms with Crippen molar-refractivity contribution in [3.05, 3.63) is 35.4 Å². The first-order valence-electron chi connectivity index (χ1n) is 7.40. The number of carboxylic acid groups (broad SMARTS) is 1. The van der Waals surface area contributed by atoms with E-state index in [-0.39, 0.29) is 6.42 Å². The van der Waals surface area contributed by atoms with E-state index < -0.39 is 42.5 Å². The van der Waals surface area contributed by atoms with E-state index in [1.165, 1.54) is 6.92 Å². The number of hydrogen-bond donors (Lipinski definition) is 3. The van der Waals surface area contributed by atoms with E-state index in [2.05, 4.69) is 5.32 Å². The Bertz CT molecular complexity index is 629. The van der Waals surface area contributed by atoms with Crippen molar-refractivity contribution in [2.75, 3.05) is 0 Å². The van der Waals surface area contributed by atoms with Gasteiger partial charge in [-0.15, -0.1) is 0 Å². The molecule has 0 aromatic heterocycles. The molecule has 2 amide bonds. The molecule has 1 aromatic rings. The van der Waals surface area contributed by atoms with Gasteiger partial charge in [-0.3, -0.25) is 9.59 Å². The topological polar surface area (TPSA) is 95.5 Å². The van der Waals surface area contributed by atoms with Crippen LogP contribution in [0.3, 0.4) is 0 Å². The van der Waals surface area contributed by atoms with Crippen LogP contribution in [0.15, 0.2) is 24.3 Å². The smallest absolute Gasteiger partial charge is 0.391 e. The summed E-state index contributed by atoms with van der Waals surface area (Å²) in [5, 5.41) is 13.2. The molecule has 0 saturated carbocycles. The second-order valence-electron chi connectivity index (χ2n) is 5.65. The van der Waals surface area contributed by atoms with E-state index in [1.807, 2.05) is 12.2 Å². The normalized spacial score (nSPS) is 13.6. The van der Waals surface area contributed by atoms with Gasteiger partial charge in [-0.1, -0.05) is 29.8 Å². The third kappa shape index (κ3) is 7.69. The molecule has 1 aromatic carbocycles. The Balaban J connectivity index is 2.84. The Labute approximate surface area is 142 Å². The van der Waals surface area contributed by atoms with Crippen LogP contribution in [0, 0.1) is 6.92 Å². The highest BCUT2D eigenvalue weighted by atomic mass is 19.4. The number of carbonyl (C=O) groups is 3. The maximum Gasteiger partial charge on any atom is 0.391 e. The van der Waals surface area contributed by atoms with Crippen molar-refractivity contribution in [1.29, 1.82) is 0 Å². The van der Waals surface area contributed by atoms with Gasteiger partial charge in [0.1, 0.15) is 6.04 Å². The number of benzene rings is 1. The fourth-order valence-corrected chi connectivity index (χ4v) is 2.17. The highest BCUT2D eigenvalue weighted by Gasteiger charge is 2.36. The van der Waals surface area contributed by atoms with Crippen molar-refractivity contribution < 1.29 is 32.7 Å². The van der Waals surface area contributed by atoms with Gasteiger partial charge in [0.25, 0.3) is 0 Å². The predicted octanol–water partition coefficient (Wildman–Crippen LogP) is 2.08. The van der Waals surface area contributed by atoms with Gasteiger partial charge in [0.2, 0.25) is 11.8 Å². The zero-order valence-electron chi connectivity index (χ0n) is 13.7. The number of hydrogen-bond acceptors (Lipinski definition) is 3. The summed E-state index contributed by atoms with van der Waals surface area (Å²) in [5.41, 5.74) is 1.53. The molecule has 0 radical (unpaired) electrons. The van der Waals surface area contributed by atoms with Crippen LogP contribution < -0.4 is 10.6 Å². The monoisotopic (exact) mass is 360 g/mol. The molecular weight excluding hydrogens is 341 g/mol. The first-order valence-corrected chi connectivity index (χ1v) is 7.40. The predicted molar refractivity (Wildman–Crippen MR) is 82.6 cm³/mol. The Hall–Kier alpha value is -2.58. The molecule has 2 atom stereocenters. The Kier molecular flexibility index (Phi) is 6.96. The quantitative estimate of drug-likeness (QED) is 0.694. The maximum atomic E-state index is 12.4. The average Bonchev–Trinajstić information content (AvgIpc) is 2.44. The molecule has 138 valence electrons. The van der Waals surface area contributed by atoms with Crippen LogP contribution in [-0.4, -0.2) is 35.1 Å². The zero-order valence-corrected chi connectivity index (χ0v) is 13.7. The van der Waals surface area contributed by atoms with E-state index >= 15 is 0 Å². The van der Waals surface area contributed by atoms with Crippen LogP contribution in [0.1, 0.15) is 36.9 Å². The maximum absolute atomic E-state index is 12.4. The van der Waals surface area contributed by atoms with Gasteiger partial charge in [-0.25, -0.2) is 4.79 Å². The van der Waals surface area contributed by atoms with Crippen LogP contribution in [0.5, 0.6) is 0 Å². The lowest BCUT2D eigenvalue weighted by atomic mass is 10.0. The Morgan fingerprint density at radius 3 is 2.12 bits per heavy atom. The van der Waals surface area contributed by atoms with Crippen LogP contribution in [0.4, 0.5) is 13.2 Å². The van der Waals surface area contributed by atoms with E-state index in [0.717, 1.165) is 5.56 Å². The lowest BCUT2D eigenvalue weighted by Crippen LogP contribution is -2.44. The van der Waals surface area contributed by atoms with Crippen molar-refractivity contribution in [1.82, 2.24) is 10.6 Å². The summed E-state index contributed by atoms with van der Waals surface area (Å²) in [5.74, 6) is -3.11. The summed E-state index contributed by atoms with van der Waals surface area (Å²) in [6, 6.07) is 4.00. The second-order valence-corrected chi connectivity index (χ2v) is 5.65. The summed E-state index contributed by atoms with van der Waals surface area (Å²) in [6.07, 6.45) is -6.79. The minimum Gasteiger partial charge on any atom is -0.480 e. The Morgan fingerprint density at radius 1 is 1.12 bits per heavy atom. The number of alkyl halides is 3. The van der Waals surface area contributed by atoms with Crippen LogP contribution >= 0.6 is 0 Å². The minimum atomic E-state index is -4.73. The fraction of sp³-hybridized carbons (Fsp3) is 0.438. The molecule has 9 heteroatoms. The van der Waals surface area contributed by atoms with Crippen molar-refractivity contribution in [3.63, 3.8) is 0 Å². The summed E-state index contributed by atoms with van der Waals surface area (Å²) in [6.45, 7) is 3.08. The highest BCUT2D eigenvalue weighted by Crippen LogP contribution is 2.22. The van der Waals surface area contributed by atoms with Gasteiger partial charge < -0.3 is 15.7 Å². The van der Waals surface area contributed by atoms with Gasteiger partial charge in [0.15, 0.2) is 0 Å². The van der Waals surface area contributed by atoms with Crippen LogP contribution in [0.2, 0.25) is 0 Å². The molecular formula is C16H19F3N2O4. The summed E-state index contributed by atoms with van der Waals surface area (Å²) in [4.78, 5) is 34.2. The second kappa shape index (κ2) is 8.50. The molecule has 3 N–H and O–H groups in total. The third-order valence-electron chi connectivity index (χ3n) is 3.32. The van der Waals surface area contributed by atoms with Gasteiger partial charge in [0, 0.05) is 6.92 Å². The summed E-state index contributed by atoms with van der Waals surface area (Å²) >= 11 is 0. The van der Waals surface area contributed by atoms with E-state index in [1.54, 1.807) is 24.3 Å². The molecule has 0 fully saturated rings. The summed E-state index contributed by atoms with van der Waals surface area (Å²) in [7, 11) is 0. The number of carbonyl (C=O) groups excluding carboxylic acids is 2. The SMILES string of the molecule is CC(=O)NC(CC(=O)NC(CC(F)(F)F)C(=O)O)c1ccc(C)cc1. The number of aryl methyl sites for hydroxylation is 1. The molecule has 6 nitrogen and oxygen atoms in total. The van der Waals surface area contributed by atoms with Gasteiger partial charge in [-0.2, -0.15) is 13.2 Å². The van der Waals surface area contributed by atoms with Crippen molar-refractivity contribution in [2.24, 2.45) is 0 Å². The summed E-state index contributed by atoms with van der Waals surface area (Å²) < 4.78 is 37.1. The van der Waals surface area contributed by atoms with Crippen LogP contribution in [0.25, 0.3) is 0 Å². The molecule has 0 spiro atoms. The third-order valence-corrected chi connectivity index (χ3v) is 3.32. The standard InChI is InChI=1S/C16H19F3N2O4/c1-9-3-5-11(6-4-9)12(20-10(2)22)7-14(23)21-13(15(24)25)8-16(17,18)19/h3-6,12-13H,7-8H2,1-2H3,(H,20,22)(H,21,23)(H,24,25). The largest absolute Gasteiger partial charge is 0.480 e. The molecule has 0 bridgehead atoms. The van der Waals surface area contributed by atoms with Crippen molar-refractivity contribution in [2.45, 2.75) is 44.9 Å². The first-order chi connectivity index (χ1) is 11.5. The lowest BCUT2D eigenvalue weighted by molar-refractivity contribution is -0.160. The molecule has 2 unspecified atom stereocenters. The van der Waals surface area contributed by atoms with Gasteiger partial charge >= 0.3 is 12.1 Å². The molecule has 0 aliphatic carbocycles. The molecule has 0 aliphatic rings.